The Kier molecular flexibility index (Phi) is 5.55. The zero-order valence-corrected chi connectivity index (χ0v) is 12.8. The number of carbonyl (C=O) groups is 1. The van der Waals surface area contributed by atoms with Gasteiger partial charge in [0.15, 0.2) is 6.10 Å². The molecule has 0 spiro atoms. The summed E-state index contributed by atoms with van der Waals surface area (Å²) in [6.07, 6.45) is -1.05. The van der Waals surface area contributed by atoms with E-state index in [9.17, 15) is 9.90 Å². The molecule has 0 aliphatic carbocycles. The third kappa shape index (κ3) is 4.60. The van der Waals surface area contributed by atoms with Crippen molar-refractivity contribution in [3.8, 4) is 5.75 Å². The van der Waals surface area contributed by atoms with Crippen molar-refractivity contribution in [1.29, 1.82) is 0 Å². The molecule has 0 aliphatic rings. The first-order valence-electron chi connectivity index (χ1n) is 7.32. The van der Waals surface area contributed by atoms with Crippen LogP contribution in [0.5, 0.6) is 5.75 Å². The zero-order chi connectivity index (χ0) is 15.9. The fourth-order valence-electron chi connectivity index (χ4n) is 2.07. The first-order chi connectivity index (χ1) is 10.6. The van der Waals surface area contributed by atoms with E-state index in [1.165, 1.54) is 0 Å². The molecular weight excluding hydrogens is 278 g/mol. The molecule has 1 atom stereocenters. The maximum Gasteiger partial charge on any atom is 0.253 e. The summed E-state index contributed by atoms with van der Waals surface area (Å²) in [6, 6.07) is 16.4. The Hall–Kier alpha value is -2.33. The number of hydrogen-bond acceptors (Lipinski definition) is 3. The van der Waals surface area contributed by atoms with Crippen LogP contribution in [0.1, 0.15) is 31.1 Å². The zero-order valence-electron chi connectivity index (χ0n) is 12.8. The van der Waals surface area contributed by atoms with E-state index in [0.717, 1.165) is 11.3 Å². The van der Waals surface area contributed by atoms with Crippen LogP contribution in [0.4, 0.5) is 0 Å². The summed E-state index contributed by atoms with van der Waals surface area (Å²) >= 11 is 0. The van der Waals surface area contributed by atoms with Crippen LogP contribution < -0.4 is 10.1 Å². The molecule has 2 aromatic carbocycles. The van der Waals surface area contributed by atoms with E-state index in [0.29, 0.717) is 12.1 Å². The molecule has 0 heterocycles. The molecule has 0 bridgehead atoms. The van der Waals surface area contributed by atoms with E-state index in [4.69, 9.17) is 4.74 Å². The molecule has 0 fully saturated rings. The molecule has 2 rings (SSSR count). The van der Waals surface area contributed by atoms with Gasteiger partial charge in [0.25, 0.3) is 5.91 Å². The summed E-state index contributed by atoms with van der Waals surface area (Å²) in [4.78, 5) is 12.0. The SMILES string of the molecule is CC(C)Oc1cccc(CNC(=O)[C@@H](O)c2ccccc2)c1. The Balaban J connectivity index is 1.93. The fraction of sp³-hybridized carbons (Fsp3) is 0.278. The maximum absolute atomic E-state index is 12.0. The molecular formula is C18H21NO3. The first-order valence-corrected chi connectivity index (χ1v) is 7.32. The number of hydrogen-bond donors (Lipinski definition) is 2. The molecule has 0 radical (unpaired) electrons. The predicted octanol–water partition coefficient (Wildman–Crippen LogP) is 2.82. The molecule has 0 saturated carbocycles. The highest BCUT2D eigenvalue weighted by Crippen LogP contribution is 2.16. The van der Waals surface area contributed by atoms with E-state index in [-0.39, 0.29) is 6.10 Å². The molecule has 22 heavy (non-hydrogen) atoms. The highest BCUT2D eigenvalue weighted by Gasteiger charge is 2.16. The average molecular weight is 299 g/mol. The van der Waals surface area contributed by atoms with Crippen molar-refractivity contribution in [2.45, 2.75) is 32.6 Å². The van der Waals surface area contributed by atoms with Gasteiger partial charge in [0, 0.05) is 6.54 Å². The average Bonchev–Trinajstić information content (AvgIpc) is 2.52. The highest BCUT2D eigenvalue weighted by molar-refractivity contribution is 5.81. The second kappa shape index (κ2) is 7.61. The normalized spacial score (nSPS) is 12.0. The lowest BCUT2D eigenvalue weighted by molar-refractivity contribution is -0.129. The van der Waals surface area contributed by atoms with Crippen LogP contribution in [0.25, 0.3) is 0 Å². The smallest absolute Gasteiger partial charge is 0.253 e. The number of aliphatic hydroxyl groups excluding tert-OH is 1. The molecule has 1 amide bonds. The van der Waals surface area contributed by atoms with Gasteiger partial charge in [-0.1, -0.05) is 42.5 Å². The lowest BCUT2D eigenvalue weighted by Gasteiger charge is -2.13. The van der Waals surface area contributed by atoms with Crippen molar-refractivity contribution in [3.63, 3.8) is 0 Å². The number of ether oxygens (including phenoxy) is 1. The van der Waals surface area contributed by atoms with Crippen molar-refractivity contribution >= 4 is 5.91 Å². The van der Waals surface area contributed by atoms with E-state index in [1.54, 1.807) is 24.3 Å². The number of benzene rings is 2. The van der Waals surface area contributed by atoms with Gasteiger partial charge in [-0.25, -0.2) is 0 Å². The van der Waals surface area contributed by atoms with Gasteiger partial charge in [0.1, 0.15) is 5.75 Å². The lowest BCUT2D eigenvalue weighted by Crippen LogP contribution is -2.28. The summed E-state index contributed by atoms with van der Waals surface area (Å²) in [5.74, 6) is 0.353. The highest BCUT2D eigenvalue weighted by atomic mass is 16.5. The minimum atomic E-state index is -1.16. The third-order valence-corrected chi connectivity index (χ3v) is 3.10. The quantitative estimate of drug-likeness (QED) is 0.862. The lowest BCUT2D eigenvalue weighted by atomic mass is 10.1. The minimum absolute atomic E-state index is 0.102. The summed E-state index contributed by atoms with van der Waals surface area (Å²) < 4.78 is 5.62. The van der Waals surface area contributed by atoms with E-state index in [1.807, 2.05) is 44.2 Å². The predicted molar refractivity (Wildman–Crippen MR) is 85.5 cm³/mol. The van der Waals surface area contributed by atoms with Crippen molar-refractivity contribution < 1.29 is 14.6 Å². The molecule has 2 N–H and O–H groups in total. The van der Waals surface area contributed by atoms with Gasteiger partial charge in [0.05, 0.1) is 6.10 Å². The van der Waals surface area contributed by atoms with Crippen LogP contribution in [0, 0.1) is 0 Å². The summed E-state index contributed by atoms with van der Waals surface area (Å²) in [6.45, 7) is 4.27. The van der Waals surface area contributed by atoms with Gasteiger partial charge in [0.2, 0.25) is 0 Å². The van der Waals surface area contributed by atoms with Gasteiger partial charge in [-0.3, -0.25) is 4.79 Å². The monoisotopic (exact) mass is 299 g/mol. The standard InChI is InChI=1S/C18H21NO3/c1-13(2)22-16-10-6-7-14(11-16)12-19-18(21)17(20)15-8-4-3-5-9-15/h3-11,13,17,20H,12H2,1-2H3,(H,19,21)/t17-/m0/s1. The topological polar surface area (TPSA) is 58.6 Å². The second-order valence-electron chi connectivity index (χ2n) is 5.35. The molecule has 4 nitrogen and oxygen atoms in total. The van der Waals surface area contributed by atoms with Crippen LogP contribution in [0.15, 0.2) is 54.6 Å². The summed E-state index contributed by atoms with van der Waals surface area (Å²) in [5, 5.41) is 12.7. The van der Waals surface area contributed by atoms with Gasteiger partial charge >= 0.3 is 0 Å². The molecule has 2 aromatic rings. The van der Waals surface area contributed by atoms with Crippen molar-refractivity contribution in [3.05, 3.63) is 65.7 Å². The molecule has 4 heteroatoms. The van der Waals surface area contributed by atoms with Crippen LogP contribution in [-0.4, -0.2) is 17.1 Å². The van der Waals surface area contributed by atoms with Crippen LogP contribution >= 0.6 is 0 Å². The van der Waals surface area contributed by atoms with Crippen molar-refractivity contribution in [2.24, 2.45) is 0 Å². The molecule has 0 aromatic heterocycles. The molecule has 116 valence electrons. The molecule has 0 unspecified atom stereocenters. The first kappa shape index (κ1) is 16.0. The Morgan fingerprint density at radius 1 is 1.14 bits per heavy atom. The summed E-state index contributed by atoms with van der Waals surface area (Å²) in [5.41, 5.74) is 1.50. The van der Waals surface area contributed by atoms with Gasteiger partial charge in [-0.2, -0.15) is 0 Å². The van der Waals surface area contributed by atoms with Gasteiger partial charge in [-0.15, -0.1) is 0 Å². The fourth-order valence-corrected chi connectivity index (χ4v) is 2.07. The largest absolute Gasteiger partial charge is 0.491 e. The number of aliphatic hydroxyl groups is 1. The van der Waals surface area contributed by atoms with E-state index < -0.39 is 12.0 Å². The number of rotatable bonds is 6. The number of carbonyl (C=O) groups excluding carboxylic acids is 1. The van der Waals surface area contributed by atoms with Crippen molar-refractivity contribution in [2.75, 3.05) is 0 Å². The second-order valence-corrected chi connectivity index (χ2v) is 5.35. The van der Waals surface area contributed by atoms with E-state index >= 15 is 0 Å². The van der Waals surface area contributed by atoms with E-state index in [2.05, 4.69) is 5.32 Å². The maximum atomic E-state index is 12.0. The Bertz CT molecular complexity index is 611. The molecule has 0 aliphatic heterocycles. The Morgan fingerprint density at radius 2 is 1.86 bits per heavy atom. The van der Waals surface area contributed by atoms with Crippen molar-refractivity contribution in [1.82, 2.24) is 5.32 Å². The minimum Gasteiger partial charge on any atom is -0.491 e. The molecule has 0 saturated heterocycles. The van der Waals surface area contributed by atoms with Gasteiger partial charge < -0.3 is 15.2 Å². The van der Waals surface area contributed by atoms with Crippen LogP contribution in [0.3, 0.4) is 0 Å². The number of amides is 1. The Morgan fingerprint density at radius 3 is 2.55 bits per heavy atom. The summed E-state index contributed by atoms with van der Waals surface area (Å²) in [7, 11) is 0. The van der Waals surface area contributed by atoms with Gasteiger partial charge in [-0.05, 0) is 37.1 Å². The van der Waals surface area contributed by atoms with Crippen LogP contribution in [0.2, 0.25) is 0 Å². The van der Waals surface area contributed by atoms with Crippen LogP contribution in [-0.2, 0) is 11.3 Å². The Labute approximate surface area is 130 Å². The third-order valence-electron chi connectivity index (χ3n) is 3.10. The number of nitrogens with one attached hydrogen (secondary N) is 1.